The Morgan fingerprint density at radius 2 is 2.14 bits per heavy atom. The summed E-state index contributed by atoms with van der Waals surface area (Å²) in [5.74, 6) is -0.139. The maximum Gasteiger partial charge on any atom is 0.310 e. The van der Waals surface area contributed by atoms with Gasteiger partial charge in [-0.2, -0.15) is 0 Å². The fraction of sp³-hybridized carbons (Fsp3) is 0.500. The van der Waals surface area contributed by atoms with Gasteiger partial charge in [0.05, 0.1) is 4.92 Å². The molecule has 0 spiro atoms. The van der Waals surface area contributed by atoms with Gasteiger partial charge in [-0.3, -0.25) is 14.9 Å². The molecule has 7 nitrogen and oxygen atoms in total. The van der Waals surface area contributed by atoms with Crippen LogP contribution in [0.5, 0.6) is 5.75 Å². The van der Waals surface area contributed by atoms with Gasteiger partial charge in [0.1, 0.15) is 0 Å². The zero-order chi connectivity index (χ0) is 16.0. The number of nitro benzene ring substituents is 1. The maximum absolute atomic E-state index is 11.8. The second-order valence-corrected chi connectivity index (χ2v) is 4.83. The topological polar surface area (TPSA) is 84.7 Å². The minimum absolute atomic E-state index is 0.109. The average molecular weight is 295 g/mol. The Morgan fingerprint density at radius 1 is 1.48 bits per heavy atom. The molecule has 0 saturated heterocycles. The van der Waals surface area contributed by atoms with E-state index in [2.05, 4.69) is 5.32 Å². The first kappa shape index (κ1) is 16.9. The van der Waals surface area contributed by atoms with Crippen molar-refractivity contribution in [2.24, 2.45) is 0 Å². The zero-order valence-electron chi connectivity index (χ0n) is 12.8. The first-order valence-electron chi connectivity index (χ1n) is 6.72. The van der Waals surface area contributed by atoms with Crippen molar-refractivity contribution in [3.05, 3.63) is 33.9 Å². The fourth-order valence-corrected chi connectivity index (χ4v) is 1.79. The minimum atomic E-state index is -0.784. The number of hydrogen-bond donors (Lipinski definition) is 1. The third-order valence-electron chi connectivity index (χ3n) is 2.89. The highest BCUT2D eigenvalue weighted by Gasteiger charge is 2.22. The summed E-state index contributed by atoms with van der Waals surface area (Å²) in [5.41, 5.74) is 0.718. The van der Waals surface area contributed by atoms with Crippen molar-refractivity contribution in [2.75, 3.05) is 20.6 Å². The molecular formula is C14H21N3O4. The standard InChI is InChI=1S/C14H21N3O4/c1-5-15-9-11-6-7-12(17(19)20)13(8-11)21-10(2)14(18)16(3)4/h6-8,10,15H,5,9H2,1-4H3. The second kappa shape index (κ2) is 7.58. The molecule has 1 atom stereocenters. The summed E-state index contributed by atoms with van der Waals surface area (Å²) in [7, 11) is 3.22. The normalized spacial score (nSPS) is 11.8. The molecule has 116 valence electrons. The molecule has 0 aromatic heterocycles. The molecular weight excluding hydrogens is 274 g/mol. The van der Waals surface area contributed by atoms with Gasteiger partial charge in [-0.15, -0.1) is 0 Å². The molecule has 0 saturated carbocycles. The predicted octanol–water partition coefficient (Wildman–Crippen LogP) is 1.56. The van der Waals surface area contributed by atoms with Gasteiger partial charge in [0.2, 0.25) is 0 Å². The van der Waals surface area contributed by atoms with Gasteiger partial charge in [-0.25, -0.2) is 0 Å². The van der Waals surface area contributed by atoms with E-state index in [1.165, 1.54) is 11.0 Å². The Balaban J connectivity index is 3.00. The van der Waals surface area contributed by atoms with Crippen molar-refractivity contribution in [3.63, 3.8) is 0 Å². The largest absolute Gasteiger partial charge is 0.474 e. The van der Waals surface area contributed by atoms with Gasteiger partial charge < -0.3 is 15.0 Å². The van der Waals surface area contributed by atoms with Gasteiger partial charge in [0.25, 0.3) is 5.91 Å². The highest BCUT2D eigenvalue weighted by atomic mass is 16.6. The van der Waals surface area contributed by atoms with Crippen LogP contribution in [-0.2, 0) is 11.3 Å². The lowest BCUT2D eigenvalue weighted by molar-refractivity contribution is -0.386. The summed E-state index contributed by atoms with van der Waals surface area (Å²) >= 11 is 0. The Labute approximate surface area is 124 Å². The van der Waals surface area contributed by atoms with Crippen LogP contribution < -0.4 is 10.1 Å². The van der Waals surface area contributed by atoms with E-state index in [1.807, 2.05) is 6.92 Å². The minimum Gasteiger partial charge on any atom is -0.474 e. The number of hydrogen-bond acceptors (Lipinski definition) is 5. The number of rotatable bonds is 7. The summed E-state index contributed by atoms with van der Waals surface area (Å²) in [4.78, 5) is 23.7. The van der Waals surface area contributed by atoms with E-state index in [0.29, 0.717) is 6.54 Å². The van der Waals surface area contributed by atoms with Gasteiger partial charge in [0.15, 0.2) is 11.9 Å². The Morgan fingerprint density at radius 3 is 2.67 bits per heavy atom. The van der Waals surface area contributed by atoms with E-state index in [4.69, 9.17) is 4.74 Å². The van der Waals surface area contributed by atoms with E-state index < -0.39 is 11.0 Å². The molecule has 0 bridgehead atoms. The van der Waals surface area contributed by atoms with Crippen LogP contribution >= 0.6 is 0 Å². The lowest BCUT2D eigenvalue weighted by atomic mass is 10.2. The average Bonchev–Trinajstić information content (AvgIpc) is 2.43. The molecule has 1 rings (SSSR count). The van der Waals surface area contributed by atoms with Gasteiger partial charge in [-0.05, 0) is 25.1 Å². The lowest BCUT2D eigenvalue weighted by Gasteiger charge is -2.18. The molecule has 21 heavy (non-hydrogen) atoms. The summed E-state index contributed by atoms with van der Waals surface area (Å²) in [5, 5.41) is 14.2. The number of amides is 1. The van der Waals surface area contributed by atoms with Crippen LogP contribution in [0.15, 0.2) is 18.2 Å². The number of nitro groups is 1. The van der Waals surface area contributed by atoms with Crippen molar-refractivity contribution in [3.8, 4) is 5.75 Å². The Kier molecular flexibility index (Phi) is 6.10. The lowest BCUT2D eigenvalue weighted by Crippen LogP contribution is -2.35. The highest BCUT2D eigenvalue weighted by Crippen LogP contribution is 2.29. The van der Waals surface area contributed by atoms with Crippen molar-refractivity contribution < 1.29 is 14.5 Å². The molecule has 1 aromatic carbocycles. The molecule has 0 aliphatic heterocycles. The highest BCUT2D eigenvalue weighted by molar-refractivity contribution is 5.80. The van der Waals surface area contributed by atoms with Gasteiger partial charge >= 0.3 is 5.69 Å². The van der Waals surface area contributed by atoms with Crippen LogP contribution in [0.4, 0.5) is 5.69 Å². The maximum atomic E-state index is 11.8. The molecule has 7 heteroatoms. The van der Waals surface area contributed by atoms with Crippen molar-refractivity contribution in [1.29, 1.82) is 0 Å². The second-order valence-electron chi connectivity index (χ2n) is 4.83. The summed E-state index contributed by atoms with van der Waals surface area (Å²) in [6.45, 7) is 4.92. The first-order valence-corrected chi connectivity index (χ1v) is 6.72. The monoisotopic (exact) mass is 295 g/mol. The summed E-state index contributed by atoms with van der Waals surface area (Å²) < 4.78 is 5.49. The van der Waals surface area contributed by atoms with Crippen LogP contribution in [0, 0.1) is 10.1 Å². The molecule has 1 amide bonds. The third kappa shape index (κ3) is 4.71. The zero-order valence-corrected chi connectivity index (χ0v) is 12.8. The van der Waals surface area contributed by atoms with Gasteiger partial charge in [0, 0.05) is 26.7 Å². The van der Waals surface area contributed by atoms with E-state index in [1.54, 1.807) is 33.2 Å². The van der Waals surface area contributed by atoms with Crippen LogP contribution in [0.1, 0.15) is 19.4 Å². The molecule has 1 unspecified atom stereocenters. The quantitative estimate of drug-likeness (QED) is 0.609. The third-order valence-corrected chi connectivity index (χ3v) is 2.89. The first-order chi connectivity index (χ1) is 9.86. The number of benzene rings is 1. The molecule has 0 radical (unpaired) electrons. The van der Waals surface area contributed by atoms with Crippen LogP contribution in [0.25, 0.3) is 0 Å². The number of carbonyl (C=O) groups is 1. The Hall–Kier alpha value is -2.15. The van der Waals surface area contributed by atoms with Crippen LogP contribution in [-0.4, -0.2) is 42.5 Å². The number of carbonyl (C=O) groups excluding carboxylic acids is 1. The fourth-order valence-electron chi connectivity index (χ4n) is 1.79. The Bertz CT molecular complexity index is 517. The van der Waals surface area contributed by atoms with E-state index in [0.717, 1.165) is 12.1 Å². The van der Waals surface area contributed by atoms with E-state index in [-0.39, 0.29) is 17.3 Å². The summed E-state index contributed by atoms with van der Waals surface area (Å²) in [6, 6.07) is 4.67. The van der Waals surface area contributed by atoms with Crippen LogP contribution in [0.2, 0.25) is 0 Å². The van der Waals surface area contributed by atoms with E-state index in [9.17, 15) is 14.9 Å². The van der Waals surface area contributed by atoms with E-state index >= 15 is 0 Å². The smallest absolute Gasteiger partial charge is 0.310 e. The molecule has 0 heterocycles. The van der Waals surface area contributed by atoms with Crippen molar-refractivity contribution in [1.82, 2.24) is 10.2 Å². The van der Waals surface area contributed by atoms with Crippen molar-refractivity contribution >= 4 is 11.6 Å². The number of nitrogens with zero attached hydrogens (tertiary/aromatic N) is 2. The molecule has 1 N–H and O–H groups in total. The van der Waals surface area contributed by atoms with Crippen LogP contribution in [0.3, 0.4) is 0 Å². The van der Waals surface area contributed by atoms with Crippen molar-refractivity contribution in [2.45, 2.75) is 26.5 Å². The molecule has 0 aliphatic rings. The molecule has 0 fully saturated rings. The van der Waals surface area contributed by atoms with Gasteiger partial charge in [-0.1, -0.05) is 13.0 Å². The molecule has 1 aromatic rings. The molecule has 0 aliphatic carbocycles. The number of ether oxygens (including phenoxy) is 1. The number of likely N-dealkylation sites (N-methyl/N-ethyl adjacent to an activating group) is 1. The predicted molar refractivity (Wildman–Crippen MR) is 79.3 cm³/mol. The summed E-state index contributed by atoms with van der Waals surface area (Å²) in [6.07, 6.45) is -0.784. The number of nitrogens with one attached hydrogen (secondary N) is 1. The SMILES string of the molecule is CCNCc1ccc([N+](=O)[O-])c(OC(C)C(=O)N(C)C)c1.